The van der Waals surface area contributed by atoms with Crippen LogP contribution in [0.15, 0.2) is 12.1 Å². The Bertz CT molecular complexity index is 519. The van der Waals surface area contributed by atoms with Crippen LogP contribution in [0.25, 0.3) is 0 Å². The monoisotopic (exact) mass is 294 g/mol. The first-order chi connectivity index (χ1) is 10.1. The predicted molar refractivity (Wildman–Crippen MR) is 79.9 cm³/mol. The Morgan fingerprint density at radius 2 is 1.86 bits per heavy atom. The number of nitrogens with one attached hydrogen (secondary N) is 1. The quantitative estimate of drug-likeness (QED) is 0.806. The van der Waals surface area contributed by atoms with Gasteiger partial charge in [-0.15, -0.1) is 0 Å². The maximum atomic E-state index is 12.4. The highest BCUT2D eigenvalue weighted by atomic mass is 16.5. The van der Waals surface area contributed by atoms with E-state index in [-0.39, 0.29) is 18.1 Å². The topological polar surface area (TPSA) is 82.8 Å². The molecule has 2 unspecified atom stereocenters. The Morgan fingerprint density at radius 1 is 1.19 bits per heavy atom. The van der Waals surface area contributed by atoms with E-state index in [0.717, 1.165) is 19.3 Å². The highest BCUT2D eigenvalue weighted by Gasteiger charge is 2.29. The van der Waals surface area contributed by atoms with Gasteiger partial charge in [0.1, 0.15) is 0 Å². The minimum atomic E-state index is -0.220. The van der Waals surface area contributed by atoms with Gasteiger partial charge in [0.25, 0.3) is 5.91 Å². The molecule has 2 rings (SSSR count). The molecule has 0 aromatic heterocycles. The fourth-order valence-electron chi connectivity index (χ4n) is 2.71. The zero-order valence-electron chi connectivity index (χ0n) is 12.6. The molecule has 6 nitrogen and oxygen atoms in total. The number of hydrogen-bond donors (Lipinski definition) is 2. The maximum Gasteiger partial charge on any atom is 0.253 e. The van der Waals surface area contributed by atoms with Crippen molar-refractivity contribution in [3.05, 3.63) is 17.7 Å². The largest absolute Gasteiger partial charge is 0.493 e. The molecule has 3 N–H and O–H groups in total. The molecular formula is C15H22N2O4. The Kier molecular flexibility index (Phi) is 4.90. The number of nitrogens with two attached hydrogens (primary N) is 1. The fourth-order valence-corrected chi connectivity index (χ4v) is 2.71. The zero-order valence-corrected chi connectivity index (χ0v) is 12.6. The minimum absolute atomic E-state index is 0.0231. The van der Waals surface area contributed by atoms with Gasteiger partial charge in [0, 0.05) is 18.9 Å². The first kappa shape index (κ1) is 15.4. The summed E-state index contributed by atoms with van der Waals surface area (Å²) in [6.45, 7) is 0. The average molecular weight is 294 g/mol. The molecule has 1 aliphatic carbocycles. The number of rotatable bonds is 5. The second kappa shape index (κ2) is 6.67. The molecule has 0 saturated heterocycles. The van der Waals surface area contributed by atoms with E-state index in [1.165, 1.54) is 14.2 Å². The number of ether oxygens (including phenoxy) is 3. The molecule has 0 spiro atoms. The molecule has 0 bridgehead atoms. The first-order valence-corrected chi connectivity index (χ1v) is 6.95. The zero-order chi connectivity index (χ0) is 15.4. The molecule has 1 amide bonds. The Labute approximate surface area is 124 Å². The van der Waals surface area contributed by atoms with Crippen LogP contribution in [0.4, 0.5) is 5.69 Å². The van der Waals surface area contributed by atoms with E-state index in [9.17, 15) is 4.79 Å². The minimum Gasteiger partial charge on any atom is -0.493 e. The molecule has 0 aliphatic heterocycles. The highest BCUT2D eigenvalue weighted by molar-refractivity contribution is 6.00. The summed E-state index contributed by atoms with van der Waals surface area (Å²) in [4.78, 5) is 12.4. The lowest BCUT2D eigenvalue weighted by atomic mass is 10.1. The van der Waals surface area contributed by atoms with Crippen molar-refractivity contribution in [2.45, 2.75) is 31.4 Å². The Morgan fingerprint density at radius 3 is 2.48 bits per heavy atom. The number of amides is 1. The average Bonchev–Trinajstić information content (AvgIpc) is 2.93. The third kappa shape index (κ3) is 3.21. The molecule has 21 heavy (non-hydrogen) atoms. The van der Waals surface area contributed by atoms with E-state index in [2.05, 4.69) is 5.32 Å². The summed E-state index contributed by atoms with van der Waals surface area (Å²) in [5.41, 5.74) is 6.68. The summed E-state index contributed by atoms with van der Waals surface area (Å²) in [5.74, 6) is 0.760. The van der Waals surface area contributed by atoms with Crippen molar-refractivity contribution in [1.82, 2.24) is 5.32 Å². The lowest BCUT2D eigenvalue weighted by Crippen LogP contribution is -2.40. The normalized spacial score (nSPS) is 21.1. The van der Waals surface area contributed by atoms with Crippen LogP contribution < -0.4 is 20.5 Å². The summed E-state index contributed by atoms with van der Waals surface area (Å²) in [6.07, 6.45) is 2.99. The number of hydrogen-bond acceptors (Lipinski definition) is 5. The van der Waals surface area contributed by atoms with Crippen LogP contribution in [0, 0.1) is 0 Å². The van der Waals surface area contributed by atoms with Crippen LogP contribution in [-0.4, -0.2) is 39.4 Å². The summed E-state index contributed by atoms with van der Waals surface area (Å²) >= 11 is 0. The molecule has 2 atom stereocenters. The summed E-state index contributed by atoms with van der Waals surface area (Å²) < 4.78 is 15.8. The fraction of sp³-hybridized carbons (Fsp3) is 0.533. The number of carbonyl (C=O) groups is 1. The van der Waals surface area contributed by atoms with E-state index in [1.54, 1.807) is 19.2 Å². The van der Waals surface area contributed by atoms with Crippen molar-refractivity contribution in [1.29, 1.82) is 0 Å². The van der Waals surface area contributed by atoms with Crippen LogP contribution in [0.3, 0.4) is 0 Å². The number of anilines is 1. The van der Waals surface area contributed by atoms with Crippen molar-refractivity contribution in [3.63, 3.8) is 0 Å². The smallest absolute Gasteiger partial charge is 0.253 e. The van der Waals surface area contributed by atoms with Crippen molar-refractivity contribution in [3.8, 4) is 11.5 Å². The maximum absolute atomic E-state index is 12.4. The van der Waals surface area contributed by atoms with Gasteiger partial charge < -0.3 is 25.3 Å². The second-order valence-electron chi connectivity index (χ2n) is 5.08. The van der Waals surface area contributed by atoms with E-state index in [0.29, 0.717) is 22.7 Å². The van der Waals surface area contributed by atoms with Crippen LogP contribution >= 0.6 is 0 Å². The van der Waals surface area contributed by atoms with Crippen LogP contribution in [0.1, 0.15) is 29.6 Å². The third-order valence-electron chi connectivity index (χ3n) is 3.87. The van der Waals surface area contributed by atoms with E-state index >= 15 is 0 Å². The van der Waals surface area contributed by atoms with E-state index in [4.69, 9.17) is 19.9 Å². The summed E-state index contributed by atoms with van der Waals surface area (Å²) in [7, 11) is 4.71. The third-order valence-corrected chi connectivity index (χ3v) is 3.87. The number of carbonyl (C=O) groups excluding carboxylic acids is 1. The standard InChI is InChI=1S/C15H22N2O4/c1-19-12-6-4-5-11(12)17-15(18)9-7-13(20-2)14(21-3)8-10(9)16/h7-8,11-12H,4-6,16H2,1-3H3,(H,17,18). The second-order valence-corrected chi connectivity index (χ2v) is 5.08. The van der Waals surface area contributed by atoms with Gasteiger partial charge in [-0.2, -0.15) is 0 Å². The van der Waals surface area contributed by atoms with Crippen molar-refractivity contribution in [2.24, 2.45) is 0 Å². The van der Waals surface area contributed by atoms with Crippen molar-refractivity contribution >= 4 is 11.6 Å². The van der Waals surface area contributed by atoms with Gasteiger partial charge in [-0.25, -0.2) is 0 Å². The summed E-state index contributed by atoms with van der Waals surface area (Å²) in [6, 6.07) is 3.21. The van der Waals surface area contributed by atoms with E-state index in [1.807, 2.05) is 0 Å². The molecular weight excluding hydrogens is 272 g/mol. The lowest BCUT2D eigenvalue weighted by molar-refractivity contribution is 0.0722. The van der Waals surface area contributed by atoms with Crippen molar-refractivity contribution < 1.29 is 19.0 Å². The molecule has 116 valence electrons. The molecule has 1 aromatic carbocycles. The molecule has 0 heterocycles. The van der Waals surface area contributed by atoms with Gasteiger partial charge >= 0.3 is 0 Å². The highest BCUT2D eigenvalue weighted by Crippen LogP contribution is 2.32. The van der Waals surface area contributed by atoms with Crippen LogP contribution in [0.5, 0.6) is 11.5 Å². The Hall–Kier alpha value is -1.95. The number of nitrogen functional groups attached to an aromatic ring is 1. The SMILES string of the molecule is COc1cc(N)c(C(=O)NC2CCCC2OC)cc1OC. The summed E-state index contributed by atoms with van der Waals surface area (Å²) in [5, 5.41) is 2.99. The van der Waals surface area contributed by atoms with Gasteiger partial charge in [-0.05, 0) is 25.3 Å². The van der Waals surface area contributed by atoms with Gasteiger partial charge in [0.15, 0.2) is 11.5 Å². The van der Waals surface area contributed by atoms with Crippen molar-refractivity contribution in [2.75, 3.05) is 27.1 Å². The number of methoxy groups -OCH3 is 3. The molecule has 1 fully saturated rings. The first-order valence-electron chi connectivity index (χ1n) is 6.95. The van der Waals surface area contributed by atoms with Gasteiger partial charge in [-0.3, -0.25) is 4.79 Å². The molecule has 1 aromatic rings. The molecule has 1 aliphatic rings. The van der Waals surface area contributed by atoms with Crippen LogP contribution in [0.2, 0.25) is 0 Å². The molecule has 0 radical (unpaired) electrons. The van der Waals surface area contributed by atoms with Crippen LogP contribution in [-0.2, 0) is 4.74 Å². The Balaban J connectivity index is 2.19. The number of benzene rings is 1. The lowest BCUT2D eigenvalue weighted by Gasteiger charge is -2.20. The molecule has 1 saturated carbocycles. The van der Waals surface area contributed by atoms with Gasteiger partial charge in [0.2, 0.25) is 0 Å². The van der Waals surface area contributed by atoms with Gasteiger partial charge in [-0.1, -0.05) is 0 Å². The predicted octanol–water partition coefficient (Wildman–Crippen LogP) is 1.58. The van der Waals surface area contributed by atoms with Gasteiger partial charge in [0.05, 0.1) is 31.9 Å². The van der Waals surface area contributed by atoms with E-state index < -0.39 is 0 Å². The molecule has 6 heteroatoms.